The molecule has 106 valence electrons. The minimum absolute atomic E-state index is 0.117. The van der Waals surface area contributed by atoms with Crippen molar-refractivity contribution in [3.63, 3.8) is 0 Å². The second-order valence-corrected chi connectivity index (χ2v) is 5.28. The minimum atomic E-state index is 0.117. The standard InChI is InChI=1S/C14H24N4O/c1-18-10-9-16-13(18)7-8-15-11-14(19)17-12-5-3-2-4-6-12/h9-10,12,15H,2-8,11H2,1H3,(H,17,19). The summed E-state index contributed by atoms with van der Waals surface area (Å²) in [5.41, 5.74) is 0. The maximum Gasteiger partial charge on any atom is 0.234 e. The highest BCUT2D eigenvalue weighted by Crippen LogP contribution is 2.16. The number of nitrogens with one attached hydrogen (secondary N) is 2. The van der Waals surface area contributed by atoms with Gasteiger partial charge in [0, 0.05) is 38.4 Å². The molecule has 1 fully saturated rings. The number of rotatable bonds is 6. The number of hydrogen-bond acceptors (Lipinski definition) is 3. The first-order valence-electron chi connectivity index (χ1n) is 7.22. The van der Waals surface area contributed by atoms with E-state index in [1.165, 1.54) is 19.3 Å². The molecule has 0 atom stereocenters. The molecular weight excluding hydrogens is 240 g/mol. The van der Waals surface area contributed by atoms with E-state index in [1.807, 2.05) is 17.8 Å². The molecule has 0 aromatic carbocycles. The van der Waals surface area contributed by atoms with Crippen molar-refractivity contribution < 1.29 is 4.79 Å². The van der Waals surface area contributed by atoms with Gasteiger partial charge in [-0.2, -0.15) is 0 Å². The molecule has 1 amide bonds. The first-order valence-corrected chi connectivity index (χ1v) is 7.22. The number of aromatic nitrogens is 2. The Hall–Kier alpha value is -1.36. The Morgan fingerprint density at radius 1 is 1.42 bits per heavy atom. The summed E-state index contributed by atoms with van der Waals surface area (Å²) in [6, 6.07) is 0.401. The molecule has 0 bridgehead atoms. The van der Waals surface area contributed by atoms with E-state index in [4.69, 9.17) is 0 Å². The molecule has 1 aromatic heterocycles. The van der Waals surface area contributed by atoms with Crippen LogP contribution in [0.3, 0.4) is 0 Å². The molecule has 1 aromatic rings. The number of carbonyl (C=O) groups is 1. The predicted molar refractivity (Wildman–Crippen MR) is 74.8 cm³/mol. The second kappa shape index (κ2) is 7.28. The zero-order valence-corrected chi connectivity index (χ0v) is 11.7. The van der Waals surface area contributed by atoms with Crippen LogP contribution in [0.2, 0.25) is 0 Å². The van der Waals surface area contributed by atoms with Crippen LogP contribution in [0.4, 0.5) is 0 Å². The van der Waals surface area contributed by atoms with Crippen LogP contribution >= 0.6 is 0 Å². The van der Waals surface area contributed by atoms with Crippen LogP contribution in [0, 0.1) is 0 Å². The lowest BCUT2D eigenvalue weighted by molar-refractivity contribution is -0.121. The number of nitrogens with zero attached hydrogens (tertiary/aromatic N) is 2. The fraction of sp³-hybridized carbons (Fsp3) is 0.714. The van der Waals surface area contributed by atoms with Crippen molar-refractivity contribution in [1.29, 1.82) is 0 Å². The Morgan fingerprint density at radius 2 is 2.21 bits per heavy atom. The number of aryl methyl sites for hydroxylation is 1. The quantitative estimate of drug-likeness (QED) is 0.754. The normalized spacial score (nSPS) is 16.5. The van der Waals surface area contributed by atoms with Crippen molar-refractivity contribution in [2.24, 2.45) is 7.05 Å². The van der Waals surface area contributed by atoms with Crippen LogP contribution in [-0.4, -0.2) is 34.6 Å². The molecule has 2 N–H and O–H groups in total. The highest BCUT2D eigenvalue weighted by molar-refractivity contribution is 5.78. The second-order valence-electron chi connectivity index (χ2n) is 5.28. The molecule has 2 rings (SSSR count). The van der Waals surface area contributed by atoms with Gasteiger partial charge in [0.25, 0.3) is 0 Å². The number of amides is 1. The van der Waals surface area contributed by atoms with Crippen LogP contribution in [0.15, 0.2) is 12.4 Å². The lowest BCUT2D eigenvalue weighted by atomic mass is 9.95. The van der Waals surface area contributed by atoms with Crippen LogP contribution in [0.25, 0.3) is 0 Å². The van der Waals surface area contributed by atoms with Gasteiger partial charge in [0.1, 0.15) is 5.82 Å². The van der Waals surface area contributed by atoms with E-state index >= 15 is 0 Å². The molecule has 5 nitrogen and oxygen atoms in total. The number of hydrogen-bond donors (Lipinski definition) is 2. The van der Waals surface area contributed by atoms with E-state index in [-0.39, 0.29) is 5.91 Å². The fourth-order valence-corrected chi connectivity index (χ4v) is 2.57. The smallest absolute Gasteiger partial charge is 0.234 e. The molecule has 0 aliphatic heterocycles. The molecule has 1 saturated carbocycles. The largest absolute Gasteiger partial charge is 0.352 e. The number of imidazole rings is 1. The summed E-state index contributed by atoms with van der Waals surface area (Å²) in [5.74, 6) is 1.16. The van der Waals surface area contributed by atoms with Crippen LogP contribution in [-0.2, 0) is 18.3 Å². The molecule has 0 radical (unpaired) electrons. The third-order valence-corrected chi connectivity index (χ3v) is 3.70. The Bertz CT molecular complexity index is 396. The van der Waals surface area contributed by atoms with Gasteiger partial charge in [-0.15, -0.1) is 0 Å². The average molecular weight is 264 g/mol. The molecule has 5 heteroatoms. The monoisotopic (exact) mass is 264 g/mol. The topological polar surface area (TPSA) is 59.0 Å². The van der Waals surface area contributed by atoms with Crippen molar-refractivity contribution in [3.8, 4) is 0 Å². The van der Waals surface area contributed by atoms with Gasteiger partial charge in [-0.1, -0.05) is 19.3 Å². The summed E-state index contributed by atoms with van der Waals surface area (Å²) in [4.78, 5) is 16.0. The maximum atomic E-state index is 11.7. The SMILES string of the molecule is Cn1ccnc1CCNCC(=O)NC1CCCCC1. The molecular formula is C14H24N4O. The molecule has 1 aliphatic carbocycles. The van der Waals surface area contributed by atoms with Crippen LogP contribution in [0.1, 0.15) is 37.9 Å². The van der Waals surface area contributed by atoms with E-state index in [1.54, 1.807) is 6.20 Å². The van der Waals surface area contributed by atoms with E-state index in [0.29, 0.717) is 12.6 Å². The van der Waals surface area contributed by atoms with Gasteiger partial charge >= 0.3 is 0 Å². The molecule has 19 heavy (non-hydrogen) atoms. The van der Waals surface area contributed by atoms with Gasteiger partial charge in [0.15, 0.2) is 0 Å². The third kappa shape index (κ3) is 4.67. The highest BCUT2D eigenvalue weighted by atomic mass is 16.1. The van der Waals surface area contributed by atoms with Crippen molar-refractivity contribution in [2.75, 3.05) is 13.1 Å². The minimum Gasteiger partial charge on any atom is -0.352 e. The van der Waals surface area contributed by atoms with E-state index in [9.17, 15) is 4.79 Å². The van der Waals surface area contributed by atoms with Crippen LogP contribution < -0.4 is 10.6 Å². The zero-order chi connectivity index (χ0) is 13.5. The molecule has 1 aliphatic rings. The summed E-state index contributed by atoms with van der Waals surface area (Å²) in [7, 11) is 1.98. The highest BCUT2D eigenvalue weighted by Gasteiger charge is 2.15. The Balaban J connectivity index is 1.57. The van der Waals surface area contributed by atoms with Crippen LogP contribution in [0.5, 0.6) is 0 Å². The summed E-state index contributed by atoms with van der Waals surface area (Å²) in [6.45, 7) is 1.18. The van der Waals surface area contributed by atoms with Gasteiger partial charge in [-0.05, 0) is 12.8 Å². The van der Waals surface area contributed by atoms with Crippen molar-refractivity contribution in [3.05, 3.63) is 18.2 Å². The van der Waals surface area contributed by atoms with Crippen molar-refractivity contribution in [2.45, 2.75) is 44.6 Å². The first kappa shape index (κ1) is 14.1. The lowest BCUT2D eigenvalue weighted by Crippen LogP contribution is -2.41. The first-order chi connectivity index (χ1) is 9.25. The van der Waals surface area contributed by atoms with E-state index < -0.39 is 0 Å². The van der Waals surface area contributed by atoms with Gasteiger partial charge in [-0.25, -0.2) is 4.98 Å². The maximum absolute atomic E-state index is 11.7. The predicted octanol–water partition coefficient (Wildman–Crippen LogP) is 1.00. The van der Waals surface area contributed by atoms with E-state index in [2.05, 4.69) is 15.6 Å². The summed E-state index contributed by atoms with van der Waals surface area (Å²) in [5, 5.41) is 6.28. The molecule has 1 heterocycles. The van der Waals surface area contributed by atoms with E-state index in [0.717, 1.165) is 31.6 Å². The van der Waals surface area contributed by atoms with Gasteiger partial charge in [0.05, 0.1) is 6.54 Å². The van der Waals surface area contributed by atoms with Gasteiger partial charge < -0.3 is 15.2 Å². The Morgan fingerprint density at radius 3 is 2.89 bits per heavy atom. The Labute approximate surface area is 114 Å². The van der Waals surface area contributed by atoms with Gasteiger partial charge in [0.2, 0.25) is 5.91 Å². The number of carbonyl (C=O) groups excluding carboxylic acids is 1. The summed E-state index contributed by atoms with van der Waals surface area (Å²) >= 11 is 0. The summed E-state index contributed by atoms with van der Waals surface area (Å²) < 4.78 is 2.00. The summed E-state index contributed by atoms with van der Waals surface area (Å²) in [6.07, 6.45) is 10.7. The molecule has 0 spiro atoms. The third-order valence-electron chi connectivity index (χ3n) is 3.70. The van der Waals surface area contributed by atoms with Crippen molar-refractivity contribution >= 4 is 5.91 Å². The fourth-order valence-electron chi connectivity index (χ4n) is 2.57. The lowest BCUT2D eigenvalue weighted by Gasteiger charge is -2.22. The molecule has 0 saturated heterocycles. The van der Waals surface area contributed by atoms with Crippen molar-refractivity contribution in [1.82, 2.24) is 20.2 Å². The Kier molecular flexibility index (Phi) is 5.39. The zero-order valence-electron chi connectivity index (χ0n) is 11.7. The molecule has 0 unspecified atom stereocenters. The average Bonchev–Trinajstić information content (AvgIpc) is 2.81. The van der Waals surface area contributed by atoms with Gasteiger partial charge in [-0.3, -0.25) is 4.79 Å².